The topological polar surface area (TPSA) is 102 Å². The molecule has 0 fully saturated rings. The third-order valence-electron chi connectivity index (χ3n) is 5.08. The highest BCUT2D eigenvalue weighted by molar-refractivity contribution is 7.92. The number of rotatable bonds is 6. The fourth-order valence-electron chi connectivity index (χ4n) is 3.12. The Morgan fingerprint density at radius 1 is 0.844 bits per heavy atom. The van der Waals surface area contributed by atoms with Crippen LogP contribution in [0.3, 0.4) is 0 Å². The number of para-hydroxylation sites is 1. The maximum atomic E-state index is 13.0. The summed E-state index contributed by atoms with van der Waals surface area (Å²) < 4.78 is 33.4. The standard InChI is InChI=1S/C24H24N2O5S/c1-15-10-12-19(13-17(15)3)26-32(29,30)22-14-18(11-9-16(22)2)23(27)25-21-8-6-5-7-20(21)24(28)31-4/h5-14,26H,1-4H3,(H,25,27). The minimum atomic E-state index is -3.93. The number of sulfonamides is 1. The quantitative estimate of drug-likeness (QED) is 0.538. The Hall–Kier alpha value is -3.65. The molecule has 0 spiro atoms. The van der Waals surface area contributed by atoms with E-state index in [-0.39, 0.29) is 21.7 Å². The van der Waals surface area contributed by atoms with Crippen LogP contribution in [0.1, 0.15) is 37.4 Å². The van der Waals surface area contributed by atoms with Gasteiger partial charge in [0.1, 0.15) is 0 Å². The molecule has 0 saturated carbocycles. The van der Waals surface area contributed by atoms with E-state index in [2.05, 4.69) is 10.0 Å². The monoisotopic (exact) mass is 452 g/mol. The van der Waals surface area contributed by atoms with Gasteiger partial charge in [0.05, 0.1) is 23.3 Å². The third kappa shape index (κ3) is 4.97. The number of ether oxygens (including phenoxy) is 1. The number of carbonyl (C=O) groups excluding carboxylic acids is 2. The molecule has 3 rings (SSSR count). The number of hydrogen-bond donors (Lipinski definition) is 2. The minimum absolute atomic E-state index is 0.00960. The summed E-state index contributed by atoms with van der Waals surface area (Å²) in [4.78, 5) is 24.8. The fourth-order valence-corrected chi connectivity index (χ4v) is 4.44. The molecule has 1 amide bonds. The van der Waals surface area contributed by atoms with Crippen LogP contribution in [0, 0.1) is 20.8 Å². The molecular weight excluding hydrogens is 428 g/mol. The predicted octanol–water partition coefficient (Wildman–Crippen LogP) is 4.45. The molecular formula is C24H24N2O5S. The first kappa shape index (κ1) is 23.0. The predicted molar refractivity (Wildman–Crippen MR) is 124 cm³/mol. The van der Waals surface area contributed by atoms with E-state index in [1.807, 2.05) is 19.9 Å². The lowest BCUT2D eigenvalue weighted by Gasteiger charge is -2.14. The van der Waals surface area contributed by atoms with Crippen molar-refractivity contribution >= 4 is 33.3 Å². The molecule has 0 aliphatic rings. The summed E-state index contributed by atoms with van der Waals surface area (Å²) in [5.74, 6) is -1.14. The van der Waals surface area contributed by atoms with E-state index in [0.29, 0.717) is 11.3 Å². The largest absolute Gasteiger partial charge is 0.465 e. The van der Waals surface area contributed by atoms with E-state index in [4.69, 9.17) is 4.74 Å². The molecule has 0 aliphatic heterocycles. The zero-order chi connectivity index (χ0) is 23.5. The Bertz CT molecular complexity index is 1300. The van der Waals surface area contributed by atoms with Gasteiger partial charge in [-0.25, -0.2) is 13.2 Å². The molecule has 3 aromatic rings. The molecule has 0 aliphatic carbocycles. The van der Waals surface area contributed by atoms with Crippen LogP contribution in [0.2, 0.25) is 0 Å². The van der Waals surface area contributed by atoms with Crippen LogP contribution in [-0.2, 0) is 14.8 Å². The van der Waals surface area contributed by atoms with Gasteiger partial charge < -0.3 is 10.1 Å². The van der Waals surface area contributed by atoms with E-state index in [0.717, 1.165) is 11.1 Å². The number of anilines is 2. The minimum Gasteiger partial charge on any atom is -0.465 e. The first-order valence-corrected chi connectivity index (χ1v) is 11.3. The second-order valence-corrected chi connectivity index (χ2v) is 9.03. The van der Waals surface area contributed by atoms with Crippen LogP contribution >= 0.6 is 0 Å². The molecule has 8 heteroatoms. The molecule has 0 saturated heterocycles. The lowest BCUT2D eigenvalue weighted by molar-refractivity contribution is 0.0602. The van der Waals surface area contributed by atoms with Crippen LogP contribution in [-0.4, -0.2) is 27.4 Å². The van der Waals surface area contributed by atoms with Crippen LogP contribution in [0.5, 0.6) is 0 Å². The summed E-state index contributed by atoms with van der Waals surface area (Å²) in [5, 5.41) is 2.65. The maximum Gasteiger partial charge on any atom is 0.339 e. The summed E-state index contributed by atoms with van der Waals surface area (Å²) in [7, 11) is -2.68. The Kier molecular flexibility index (Phi) is 6.64. The Morgan fingerprint density at radius 2 is 1.53 bits per heavy atom. The Labute approximate surface area is 187 Å². The van der Waals surface area contributed by atoms with E-state index in [1.165, 1.54) is 25.3 Å². The SMILES string of the molecule is COC(=O)c1ccccc1NC(=O)c1ccc(C)c(S(=O)(=O)Nc2ccc(C)c(C)c2)c1. The molecule has 0 atom stereocenters. The summed E-state index contributed by atoms with van der Waals surface area (Å²) >= 11 is 0. The lowest BCUT2D eigenvalue weighted by atomic mass is 10.1. The molecule has 7 nitrogen and oxygen atoms in total. The van der Waals surface area contributed by atoms with Gasteiger partial charge in [0.15, 0.2) is 0 Å². The van der Waals surface area contributed by atoms with Gasteiger partial charge in [0.25, 0.3) is 15.9 Å². The first-order chi connectivity index (χ1) is 15.1. The number of esters is 1. The van der Waals surface area contributed by atoms with Gasteiger partial charge in [0.2, 0.25) is 0 Å². The summed E-state index contributed by atoms with van der Waals surface area (Å²) in [6.45, 7) is 5.50. The van der Waals surface area contributed by atoms with Crippen LogP contribution in [0.4, 0.5) is 11.4 Å². The second kappa shape index (κ2) is 9.23. The van der Waals surface area contributed by atoms with Gasteiger partial charge in [-0.1, -0.05) is 24.3 Å². The van der Waals surface area contributed by atoms with Gasteiger partial charge in [0, 0.05) is 11.3 Å². The first-order valence-electron chi connectivity index (χ1n) is 9.82. The fraction of sp³-hybridized carbons (Fsp3) is 0.167. The molecule has 0 aromatic heterocycles. The van der Waals surface area contributed by atoms with Crippen molar-refractivity contribution < 1.29 is 22.7 Å². The van der Waals surface area contributed by atoms with Crippen LogP contribution in [0.25, 0.3) is 0 Å². The molecule has 166 valence electrons. The Balaban J connectivity index is 1.91. The number of methoxy groups -OCH3 is 1. The summed E-state index contributed by atoms with van der Waals surface area (Å²) in [5.41, 5.74) is 3.54. The number of carbonyl (C=O) groups is 2. The van der Waals surface area contributed by atoms with Crippen molar-refractivity contribution in [3.8, 4) is 0 Å². The van der Waals surface area contributed by atoms with Crippen LogP contribution < -0.4 is 10.0 Å². The van der Waals surface area contributed by atoms with Crippen molar-refractivity contribution in [2.45, 2.75) is 25.7 Å². The molecule has 0 bridgehead atoms. The van der Waals surface area contributed by atoms with Crippen molar-refractivity contribution in [3.63, 3.8) is 0 Å². The number of hydrogen-bond acceptors (Lipinski definition) is 5. The summed E-state index contributed by atoms with van der Waals surface area (Å²) in [6.07, 6.45) is 0. The van der Waals surface area contributed by atoms with Crippen molar-refractivity contribution in [3.05, 3.63) is 88.5 Å². The highest BCUT2D eigenvalue weighted by atomic mass is 32.2. The van der Waals surface area contributed by atoms with Crippen molar-refractivity contribution in [1.29, 1.82) is 0 Å². The number of nitrogens with one attached hydrogen (secondary N) is 2. The van der Waals surface area contributed by atoms with Crippen molar-refractivity contribution in [2.75, 3.05) is 17.1 Å². The smallest absolute Gasteiger partial charge is 0.339 e. The van der Waals surface area contributed by atoms with Gasteiger partial charge in [-0.15, -0.1) is 0 Å². The maximum absolute atomic E-state index is 13.0. The summed E-state index contributed by atoms with van der Waals surface area (Å²) in [6, 6.07) is 16.1. The molecule has 0 heterocycles. The van der Waals surface area contributed by atoms with E-state index >= 15 is 0 Å². The molecule has 32 heavy (non-hydrogen) atoms. The number of aryl methyl sites for hydroxylation is 3. The van der Waals surface area contributed by atoms with Gasteiger partial charge in [-0.3, -0.25) is 9.52 Å². The highest BCUT2D eigenvalue weighted by Gasteiger charge is 2.21. The average molecular weight is 453 g/mol. The van der Waals surface area contributed by atoms with Gasteiger partial charge >= 0.3 is 5.97 Å². The molecule has 0 unspecified atom stereocenters. The normalized spacial score (nSPS) is 11.0. The van der Waals surface area contributed by atoms with E-state index in [9.17, 15) is 18.0 Å². The lowest BCUT2D eigenvalue weighted by Crippen LogP contribution is -2.18. The van der Waals surface area contributed by atoms with Gasteiger partial charge in [-0.05, 0) is 73.9 Å². The van der Waals surface area contributed by atoms with Gasteiger partial charge in [-0.2, -0.15) is 0 Å². The molecule has 2 N–H and O–H groups in total. The Morgan fingerprint density at radius 3 is 2.22 bits per heavy atom. The average Bonchev–Trinajstić information content (AvgIpc) is 2.76. The number of amides is 1. The second-order valence-electron chi connectivity index (χ2n) is 7.38. The van der Waals surface area contributed by atoms with Crippen LogP contribution in [0.15, 0.2) is 65.6 Å². The molecule has 0 radical (unpaired) electrons. The van der Waals surface area contributed by atoms with Crippen molar-refractivity contribution in [2.24, 2.45) is 0 Å². The zero-order valence-electron chi connectivity index (χ0n) is 18.2. The zero-order valence-corrected chi connectivity index (χ0v) is 19.0. The van der Waals surface area contributed by atoms with E-state index in [1.54, 1.807) is 43.3 Å². The molecule has 3 aromatic carbocycles. The highest BCUT2D eigenvalue weighted by Crippen LogP contribution is 2.23. The third-order valence-corrected chi connectivity index (χ3v) is 6.60. The van der Waals surface area contributed by atoms with E-state index < -0.39 is 21.9 Å². The van der Waals surface area contributed by atoms with Crippen molar-refractivity contribution in [1.82, 2.24) is 0 Å². The number of benzene rings is 3.